The second-order valence-corrected chi connectivity index (χ2v) is 6.12. The molecule has 0 aromatic heterocycles. The number of methoxy groups -OCH3 is 2. The fourth-order valence-electron chi connectivity index (χ4n) is 1.91. The van der Waals surface area contributed by atoms with Gasteiger partial charge in [0.2, 0.25) is 0 Å². The van der Waals surface area contributed by atoms with Gasteiger partial charge >= 0.3 is 5.97 Å². The van der Waals surface area contributed by atoms with Gasteiger partial charge in [-0.05, 0) is 46.3 Å². The number of nitrogens with one attached hydrogen (secondary N) is 1. The summed E-state index contributed by atoms with van der Waals surface area (Å²) in [5, 5.41) is 3.05. The van der Waals surface area contributed by atoms with Crippen LogP contribution in [0.25, 0.3) is 0 Å². The largest absolute Gasteiger partial charge is 0.497 e. The first-order chi connectivity index (χ1) is 11.9. The molecule has 0 unspecified atom stereocenters. The van der Waals surface area contributed by atoms with Crippen LogP contribution < -0.4 is 14.8 Å². The predicted molar refractivity (Wildman–Crippen MR) is 97.6 cm³/mol. The first kappa shape index (κ1) is 19.1. The molecule has 8 heteroatoms. The molecule has 6 nitrogen and oxygen atoms in total. The lowest BCUT2D eigenvalue weighted by Crippen LogP contribution is -2.21. The SMILES string of the molecule is COc1cc(OC)cc(C(=O)OCC(=O)Nc2ccc(Br)c(Cl)c2)c1. The molecular formula is C17H15BrClNO5. The summed E-state index contributed by atoms with van der Waals surface area (Å²) in [5.41, 5.74) is 0.716. The molecule has 0 bridgehead atoms. The molecule has 0 aliphatic carbocycles. The van der Waals surface area contributed by atoms with Crippen molar-refractivity contribution in [1.82, 2.24) is 0 Å². The van der Waals surface area contributed by atoms with Crippen molar-refractivity contribution in [2.75, 3.05) is 26.1 Å². The first-order valence-electron chi connectivity index (χ1n) is 7.08. The van der Waals surface area contributed by atoms with Crippen LogP contribution in [0.4, 0.5) is 5.69 Å². The van der Waals surface area contributed by atoms with Gasteiger partial charge in [0, 0.05) is 16.2 Å². The van der Waals surface area contributed by atoms with E-state index < -0.39 is 18.5 Å². The maximum absolute atomic E-state index is 12.1. The van der Waals surface area contributed by atoms with E-state index in [0.717, 1.165) is 0 Å². The van der Waals surface area contributed by atoms with Crippen molar-refractivity contribution in [3.8, 4) is 11.5 Å². The molecule has 0 fully saturated rings. The number of amides is 1. The highest BCUT2D eigenvalue weighted by Gasteiger charge is 2.13. The Morgan fingerprint density at radius 3 is 2.28 bits per heavy atom. The highest BCUT2D eigenvalue weighted by atomic mass is 79.9. The maximum Gasteiger partial charge on any atom is 0.338 e. The Hall–Kier alpha value is -2.25. The van der Waals surface area contributed by atoms with Crippen LogP contribution in [0.1, 0.15) is 10.4 Å². The minimum Gasteiger partial charge on any atom is -0.497 e. The standard InChI is InChI=1S/C17H15BrClNO5/c1-23-12-5-10(6-13(8-12)24-2)17(22)25-9-16(21)20-11-3-4-14(18)15(19)7-11/h3-8H,9H2,1-2H3,(H,20,21). The van der Waals surface area contributed by atoms with Gasteiger partial charge in [-0.25, -0.2) is 4.79 Å². The molecule has 25 heavy (non-hydrogen) atoms. The van der Waals surface area contributed by atoms with Crippen molar-refractivity contribution < 1.29 is 23.8 Å². The Morgan fingerprint density at radius 1 is 1.08 bits per heavy atom. The van der Waals surface area contributed by atoms with Crippen molar-refractivity contribution in [2.24, 2.45) is 0 Å². The number of carbonyl (C=O) groups is 2. The number of carbonyl (C=O) groups excluding carboxylic acids is 2. The Kier molecular flexibility index (Phi) is 6.66. The molecule has 2 aromatic carbocycles. The quantitative estimate of drug-likeness (QED) is 0.706. The molecule has 2 aromatic rings. The van der Waals surface area contributed by atoms with Gasteiger partial charge in [0.05, 0.1) is 24.8 Å². The van der Waals surface area contributed by atoms with E-state index >= 15 is 0 Å². The van der Waals surface area contributed by atoms with E-state index in [-0.39, 0.29) is 5.56 Å². The smallest absolute Gasteiger partial charge is 0.338 e. The van der Waals surface area contributed by atoms with E-state index in [4.69, 9.17) is 25.8 Å². The third-order valence-electron chi connectivity index (χ3n) is 3.12. The maximum atomic E-state index is 12.1. The van der Waals surface area contributed by atoms with Crippen molar-refractivity contribution in [3.05, 3.63) is 51.5 Å². The normalized spacial score (nSPS) is 10.1. The van der Waals surface area contributed by atoms with Crippen molar-refractivity contribution in [1.29, 1.82) is 0 Å². The number of benzene rings is 2. The van der Waals surface area contributed by atoms with Crippen molar-refractivity contribution >= 4 is 45.1 Å². The van der Waals surface area contributed by atoms with Gasteiger partial charge in [-0.15, -0.1) is 0 Å². The van der Waals surface area contributed by atoms with E-state index in [1.807, 2.05) is 0 Å². The van der Waals surface area contributed by atoms with Gasteiger partial charge in [-0.1, -0.05) is 11.6 Å². The molecule has 0 atom stereocenters. The number of rotatable bonds is 6. The van der Waals surface area contributed by atoms with E-state index in [1.165, 1.54) is 26.4 Å². The molecule has 2 rings (SSSR count). The van der Waals surface area contributed by atoms with E-state index in [1.54, 1.807) is 24.3 Å². The topological polar surface area (TPSA) is 73.9 Å². The Morgan fingerprint density at radius 2 is 1.72 bits per heavy atom. The van der Waals surface area contributed by atoms with Crippen LogP contribution in [0.3, 0.4) is 0 Å². The third kappa shape index (κ3) is 5.37. The third-order valence-corrected chi connectivity index (χ3v) is 4.36. The molecular weight excluding hydrogens is 414 g/mol. The lowest BCUT2D eigenvalue weighted by Gasteiger charge is -2.09. The Labute approximate surface area is 158 Å². The number of esters is 1. The predicted octanol–water partition coefficient (Wildman–Crippen LogP) is 3.92. The number of halogens is 2. The molecule has 0 aliphatic rings. The number of hydrogen-bond donors (Lipinski definition) is 1. The molecule has 0 spiro atoms. The molecule has 1 N–H and O–H groups in total. The summed E-state index contributed by atoms with van der Waals surface area (Å²) in [5.74, 6) is -0.261. The zero-order valence-electron chi connectivity index (χ0n) is 13.5. The summed E-state index contributed by atoms with van der Waals surface area (Å²) < 4.78 is 15.9. The monoisotopic (exact) mass is 427 g/mol. The van der Waals surface area contributed by atoms with Crippen LogP contribution in [0.5, 0.6) is 11.5 Å². The summed E-state index contributed by atoms with van der Waals surface area (Å²) in [7, 11) is 2.95. The average Bonchev–Trinajstić information content (AvgIpc) is 2.62. The van der Waals surface area contributed by atoms with Gasteiger partial charge in [-0.3, -0.25) is 4.79 Å². The van der Waals surface area contributed by atoms with Crippen molar-refractivity contribution in [2.45, 2.75) is 0 Å². The summed E-state index contributed by atoms with van der Waals surface area (Å²) >= 11 is 9.21. The summed E-state index contributed by atoms with van der Waals surface area (Å²) in [6.45, 7) is -0.438. The minimum absolute atomic E-state index is 0.218. The number of hydrogen-bond acceptors (Lipinski definition) is 5. The summed E-state index contributed by atoms with van der Waals surface area (Å²) in [6, 6.07) is 9.57. The summed E-state index contributed by atoms with van der Waals surface area (Å²) in [6.07, 6.45) is 0. The molecule has 0 saturated heterocycles. The van der Waals surface area contributed by atoms with Gasteiger partial charge in [0.25, 0.3) is 5.91 Å². The average molecular weight is 429 g/mol. The molecule has 0 radical (unpaired) electrons. The van der Waals surface area contributed by atoms with Crippen molar-refractivity contribution in [3.63, 3.8) is 0 Å². The van der Waals surface area contributed by atoms with E-state index in [9.17, 15) is 9.59 Å². The van der Waals surface area contributed by atoms with Crippen LogP contribution in [0, 0.1) is 0 Å². The molecule has 0 saturated carbocycles. The van der Waals surface area contributed by atoms with Crippen LogP contribution >= 0.6 is 27.5 Å². The second-order valence-electron chi connectivity index (χ2n) is 4.85. The second kappa shape index (κ2) is 8.73. The lowest BCUT2D eigenvalue weighted by molar-refractivity contribution is -0.119. The van der Waals surface area contributed by atoms with Crippen LogP contribution in [0.15, 0.2) is 40.9 Å². The zero-order valence-corrected chi connectivity index (χ0v) is 15.8. The van der Waals surface area contributed by atoms with Gasteiger partial charge in [-0.2, -0.15) is 0 Å². The van der Waals surface area contributed by atoms with Crippen LogP contribution in [-0.2, 0) is 9.53 Å². The fourth-order valence-corrected chi connectivity index (χ4v) is 2.34. The first-order valence-corrected chi connectivity index (χ1v) is 8.25. The zero-order chi connectivity index (χ0) is 18.4. The van der Waals surface area contributed by atoms with Crippen LogP contribution in [-0.4, -0.2) is 32.7 Å². The Bertz CT molecular complexity index is 774. The molecule has 132 valence electrons. The minimum atomic E-state index is -0.666. The van der Waals surface area contributed by atoms with Gasteiger partial charge in [0.15, 0.2) is 6.61 Å². The van der Waals surface area contributed by atoms with E-state index in [2.05, 4.69) is 21.2 Å². The van der Waals surface area contributed by atoms with E-state index in [0.29, 0.717) is 26.7 Å². The fraction of sp³-hybridized carbons (Fsp3) is 0.176. The number of anilines is 1. The van der Waals surface area contributed by atoms with Crippen LogP contribution in [0.2, 0.25) is 5.02 Å². The lowest BCUT2D eigenvalue weighted by atomic mass is 10.2. The van der Waals surface area contributed by atoms with Gasteiger partial charge < -0.3 is 19.5 Å². The molecule has 1 amide bonds. The molecule has 0 aliphatic heterocycles. The molecule has 0 heterocycles. The van der Waals surface area contributed by atoms with Gasteiger partial charge in [0.1, 0.15) is 11.5 Å². The highest BCUT2D eigenvalue weighted by molar-refractivity contribution is 9.10. The Balaban J connectivity index is 1.97. The summed E-state index contributed by atoms with van der Waals surface area (Å²) in [4.78, 5) is 24.0. The number of ether oxygens (including phenoxy) is 3. The highest BCUT2D eigenvalue weighted by Crippen LogP contribution is 2.25.